The zero-order chi connectivity index (χ0) is 13.1. The SMILES string of the molecule is OC(CC1CN(c2cncnc2)C1)c1cccnc1. The highest BCUT2D eigenvalue weighted by Gasteiger charge is 2.29. The van der Waals surface area contributed by atoms with Crippen LogP contribution in [0.1, 0.15) is 18.1 Å². The second-order valence-electron chi connectivity index (χ2n) is 4.91. The van der Waals surface area contributed by atoms with E-state index >= 15 is 0 Å². The maximum Gasteiger partial charge on any atom is 0.115 e. The standard InChI is InChI=1S/C14H16N4O/c19-14(12-2-1-3-15-5-12)4-11-8-18(9-11)13-6-16-10-17-7-13/h1-3,5-7,10-11,14,19H,4,8-9H2. The van der Waals surface area contributed by atoms with Crippen LogP contribution in [-0.2, 0) is 0 Å². The van der Waals surface area contributed by atoms with Crippen molar-refractivity contribution in [1.29, 1.82) is 0 Å². The molecule has 1 saturated heterocycles. The van der Waals surface area contributed by atoms with Gasteiger partial charge in [0.05, 0.1) is 24.2 Å². The van der Waals surface area contributed by atoms with Crippen LogP contribution in [0.5, 0.6) is 0 Å². The number of hydrogen-bond acceptors (Lipinski definition) is 5. The van der Waals surface area contributed by atoms with Gasteiger partial charge in [-0.05, 0) is 24.0 Å². The molecule has 0 saturated carbocycles. The Labute approximate surface area is 112 Å². The second-order valence-corrected chi connectivity index (χ2v) is 4.91. The predicted octanol–water partition coefficient (Wildman–Crippen LogP) is 1.43. The molecule has 1 aliphatic heterocycles. The monoisotopic (exact) mass is 256 g/mol. The Morgan fingerprint density at radius 1 is 1.21 bits per heavy atom. The highest BCUT2D eigenvalue weighted by atomic mass is 16.3. The third kappa shape index (κ3) is 2.71. The van der Waals surface area contributed by atoms with Gasteiger partial charge in [0, 0.05) is 25.5 Å². The molecule has 1 unspecified atom stereocenters. The van der Waals surface area contributed by atoms with Gasteiger partial charge >= 0.3 is 0 Å². The van der Waals surface area contributed by atoms with Crippen molar-refractivity contribution < 1.29 is 5.11 Å². The fourth-order valence-electron chi connectivity index (χ4n) is 2.41. The normalized spacial score (nSPS) is 17.0. The van der Waals surface area contributed by atoms with Crippen LogP contribution < -0.4 is 4.90 Å². The third-order valence-electron chi connectivity index (χ3n) is 3.50. The maximum atomic E-state index is 10.1. The van der Waals surface area contributed by atoms with E-state index in [0.717, 1.165) is 30.8 Å². The van der Waals surface area contributed by atoms with Crippen LogP contribution in [0.25, 0.3) is 0 Å². The smallest absolute Gasteiger partial charge is 0.115 e. The molecule has 19 heavy (non-hydrogen) atoms. The Morgan fingerprint density at radius 2 is 2.00 bits per heavy atom. The molecule has 98 valence electrons. The van der Waals surface area contributed by atoms with Crippen LogP contribution in [0.15, 0.2) is 43.2 Å². The lowest BCUT2D eigenvalue weighted by Crippen LogP contribution is -2.47. The molecule has 5 heteroatoms. The van der Waals surface area contributed by atoms with Gasteiger partial charge in [-0.15, -0.1) is 0 Å². The molecule has 0 aliphatic carbocycles. The molecule has 1 fully saturated rings. The molecule has 1 atom stereocenters. The van der Waals surface area contributed by atoms with E-state index in [9.17, 15) is 5.11 Å². The van der Waals surface area contributed by atoms with Gasteiger partial charge in [-0.2, -0.15) is 0 Å². The van der Waals surface area contributed by atoms with Crippen molar-refractivity contribution in [3.8, 4) is 0 Å². The highest BCUT2D eigenvalue weighted by molar-refractivity contribution is 5.44. The molecule has 0 radical (unpaired) electrons. The van der Waals surface area contributed by atoms with Crippen molar-refractivity contribution >= 4 is 5.69 Å². The first-order valence-corrected chi connectivity index (χ1v) is 6.41. The molecule has 1 N–H and O–H groups in total. The van der Waals surface area contributed by atoms with Gasteiger partial charge in [0.15, 0.2) is 0 Å². The number of rotatable bonds is 4. The average Bonchev–Trinajstić information content (AvgIpc) is 2.44. The molecule has 2 aromatic heterocycles. The molecular formula is C14H16N4O. The number of aliphatic hydroxyl groups excluding tert-OH is 1. The van der Waals surface area contributed by atoms with Crippen LogP contribution in [0.2, 0.25) is 0 Å². The van der Waals surface area contributed by atoms with Crippen LogP contribution in [0.3, 0.4) is 0 Å². The summed E-state index contributed by atoms with van der Waals surface area (Å²) in [4.78, 5) is 14.3. The van der Waals surface area contributed by atoms with Crippen molar-refractivity contribution in [2.75, 3.05) is 18.0 Å². The second kappa shape index (κ2) is 5.32. The summed E-state index contributed by atoms with van der Waals surface area (Å²) in [6.45, 7) is 1.90. The molecule has 0 amide bonds. The largest absolute Gasteiger partial charge is 0.388 e. The first kappa shape index (κ1) is 12.0. The van der Waals surface area contributed by atoms with Gasteiger partial charge < -0.3 is 10.0 Å². The lowest BCUT2D eigenvalue weighted by molar-refractivity contribution is 0.134. The molecule has 0 aromatic carbocycles. The fourth-order valence-corrected chi connectivity index (χ4v) is 2.41. The summed E-state index contributed by atoms with van der Waals surface area (Å²) >= 11 is 0. The molecule has 0 bridgehead atoms. The number of nitrogens with zero attached hydrogens (tertiary/aromatic N) is 4. The van der Waals surface area contributed by atoms with Gasteiger partial charge in [-0.3, -0.25) is 4.98 Å². The van der Waals surface area contributed by atoms with Gasteiger partial charge in [0.1, 0.15) is 6.33 Å². The Kier molecular flexibility index (Phi) is 3.37. The van der Waals surface area contributed by atoms with Crippen molar-refractivity contribution in [2.45, 2.75) is 12.5 Å². The van der Waals surface area contributed by atoms with Crippen LogP contribution in [-0.4, -0.2) is 33.1 Å². The van der Waals surface area contributed by atoms with Crippen LogP contribution >= 0.6 is 0 Å². The zero-order valence-corrected chi connectivity index (χ0v) is 10.6. The van der Waals surface area contributed by atoms with E-state index in [0.29, 0.717) is 5.92 Å². The number of hydrogen-bond donors (Lipinski definition) is 1. The van der Waals surface area contributed by atoms with E-state index in [1.165, 1.54) is 6.33 Å². The summed E-state index contributed by atoms with van der Waals surface area (Å²) in [7, 11) is 0. The fraction of sp³-hybridized carbons (Fsp3) is 0.357. The maximum absolute atomic E-state index is 10.1. The Hall–Kier alpha value is -2.01. The predicted molar refractivity (Wildman–Crippen MR) is 71.5 cm³/mol. The summed E-state index contributed by atoms with van der Waals surface area (Å²) in [6, 6.07) is 3.77. The van der Waals surface area contributed by atoms with Crippen molar-refractivity contribution in [3.63, 3.8) is 0 Å². The molecule has 5 nitrogen and oxygen atoms in total. The molecule has 1 aliphatic rings. The zero-order valence-electron chi connectivity index (χ0n) is 10.6. The lowest BCUT2D eigenvalue weighted by Gasteiger charge is -2.41. The summed E-state index contributed by atoms with van der Waals surface area (Å²) in [6.07, 6.45) is 8.97. The van der Waals surface area contributed by atoms with E-state index in [4.69, 9.17) is 0 Å². The molecule has 0 spiro atoms. The average molecular weight is 256 g/mol. The molecule has 3 heterocycles. The van der Waals surface area contributed by atoms with Gasteiger partial charge in [-0.25, -0.2) is 9.97 Å². The Morgan fingerprint density at radius 3 is 2.68 bits per heavy atom. The first-order valence-electron chi connectivity index (χ1n) is 6.41. The van der Waals surface area contributed by atoms with Crippen molar-refractivity contribution in [3.05, 3.63) is 48.8 Å². The first-order chi connectivity index (χ1) is 9.33. The van der Waals surface area contributed by atoms with Crippen molar-refractivity contribution in [2.24, 2.45) is 5.92 Å². The van der Waals surface area contributed by atoms with E-state index in [2.05, 4.69) is 19.9 Å². The lowest BCUT2D eigenvalue weighted by atomic mass is 9.91. The number of aliphatic hydroxyl groups is 1. The quantitative estimate of drug-likeness (QED) is 0.896. The minimum atomic E-state index is -0.423. The summed E-state index contributed by atoms with van der Waals surface area (Å²) in [5.41, 5.74) is 1.94. The van der Waals surface area contributed by atoms with E-state index in [1.54, 1.807) is 12.4 Å². The third-order valence-corrected chi connectivity index (χ3v) is 3.50. The molecule has 3 rings (SSSR count). The van der Waals surface area contributed by atoms with E-state index in [1.807, 2.05) is 24.5 Å². The minimum Gasteiger partial charge on any atom is -0.388 e. The summed E-state index contributed by atoms with van der Waals surface area (Å²) in [5.74, 6) is 0.510. The van der Waals surface area contributed by atoms with Gasteiger partial charge in [0.2, 0.25) is 0 Å². The number of aromatic nitrogens is 3. The summed E-state index contributed by atoms with van der Waals surface area (Å²) in [5, 5.41) is 10.1. The van der Waals surface area contributed by atoms with Crippen LogP contribution in [0, 0.1) is 5.92 Å². The number of pyridine rings is 1. The van der Waals surface area contributed by atoms with Crippen LogP contribution in [0.4, 0.5) is 5.69 Å². The Bertz CT molecular complexity index is 513. The topological polar surface area (TPSA) is 62.1 Å². The highest BCUT2D eigenvalue weighted by Crippen LogP contribution is 2.30. The Balaban J connectivity index is 1.52. The number of anilines is 1. The van der Waals surface area contributed by atoms with Crippen molar-refractivity contribution in [1.82, 2.24) is 15.0 Å². The minimum absolute atomic E-state index is 0.423. The summed E-state index contributed by atoms with van der Waals surface area (Å²) < 4.78 is 0. The van der Waals surface area contributed by atoms with E-state index in [-0.39, 0.29) is 0 Å². The molecule has 2 aromatic rings. The van der Waals surface area contributed by atoms with Gasteiger partial charge in [-0.1, -0.05) is 6.07 Å². The van der Waals surface area contributed by atoms with E-state index < -0.39 is 6.10 Å². The van der Waals surface area contributed by atoms with Gasteiger partial charge in [0.25, 0.3) is 0 Å². The molecular weight excluding hydrogens is 240 g/mol.